The van der Waals surface area contributed by atoms with E-state index in [-0.39, 0.29) is 5.91 Å². The molecule has 128 valence electrons. The fourth-order valence-electron chi connectivity index (χ4n) is 2.88. The van der Waals surface area contributed by atoms with Crippen molar-refractivity contribution in [2.45, 2.75) is 18.9 Å². The predicted molar refractivity (Wildman–Crippen MR) is 94.5 cm³/mol. The van der Waals surface area contributed by atoms with E-state index in [0.717, 1.165) is 22.2 Å². The Hall–Kier alpha value is -2.15. The third kappa shape index (κ3) is 2.84. The Kier molecular flexibility index (Phi) is 4.71. The Bertz CT molecular complexity index is 773. The quantitative estimate of drug-likeness (QED) is 0.851. The Labute approximate surface area is 145 Å². The molecule has 2 aromatic rings. The molecule has 6 nitrogen and oxygen atoms in total. The van der Waals surface area contributed by atoms with Crippen molar-refractivity contribution in [2.24, 2.45) is 7.05 Å². The van der Waals surface area contributed by atoms with Gasteiger partial charge in [-0.3, -0.25) is 9.48 Å². The lowest BCUT2D eigenvalue weighted by molar-refractivity contribution is 0.0987. The molecule has 3 rings (SSSR count). The highest BCUT2D eigenvalue weighted by Gasteiger charge is 2.29. The number of amides is 1. The molecule has 7 heteroatoms. The molecular formula is C17H21N3O3S. The number of methoxy groups -OCH3 is 1. The molecule has 1 aliphatic heterocycles. The number of ether oxygens (including phenoxy) is 2. The predicted octanol–water partition coefficient (Wildman–Crippen LogP) is 2.89. The summed E-state index contributed by atoms with van der Waals surface area (Å²) >= 11 is 1.73. The van der Waals surface area contributed by atoms with Gasteiger partial charge in [-0.15, -0.1) is 11.8 Å². The second-order valence-corrected chi connectivity index (χ2v) is 6.55. The molecule has 0 saturated carbocycles. The summed E-state index contributed by atoms with van der Waals surface area (Å²) in [4.78, 5) is 14.9. The number of benzene rings is 1. The minimum atomic E-state index is -0.0472. The van der Waals surface area contributed by atoms with Crippen molar-refractivity contribution in [2.75, 3.05) is 30.9 Å². The number of hydrogen-bond acceptors (Lipinski definition) is 5. The van der Waals surface area contributed by atoms with E-state index in [4.69, 9.17) is 9.47 Å². The van der Waals surface area contributed by atoms with Gasteiger partial charge in [-0.25, -0.2) is 0 Å². The first-order valence-electron chi connectivity index (χ1n) is 7.86. The molecule has 0 atom stereocenters. The van der Waals surface area contributed by atoms with E-state index in [2.05, 4.69) is 5.10 Å². The van der Waals surface area contributed by atoms with E-state index >= 15 is 0 Å². The van der Waals surface area contributed by atoms with E-state index in [1.54, 1.807) is 37.1 Å². The summed E-state index contributed by atoms with van der Waals surface area (Å²) in [6.45, 7) is 5.06. The average Bonchev–Trinajstić information content (AvgIpc) is 2.89. The molecule has 0 spiro atoms. The topological polar surface area (TPSA) is 56.6 Å². The first-order valence-corrected chi connectivity index (χ1v) is 8.84. The molecule has 24 heavy (non-hydrogen) atoms. The summed E-state index contributed by atoms with van der Waals surface area (Å²) in [7, 11) is 3.49. The van der Waals surface area contributed by atoms with E-state index < -0.39 is 0 Å². The smallest absolute Gasteiger partial charge is 0.258 e. The van der Waals surface area contributed by atoms with Gasteiger partial charge in [0.15, 0.2) is 11.5 Å². The van der Waals surface area contributed by atoms with Gasteiger partial charge in [0.2, 0.25) is 0 Å². The Morgan fingerprint density at radius 3 is 2.88 bits per heavy atom. The average molecular weight is 347 g/mol. The van der Waals surface area contributed by atoms with Crippen LogP contribution in [0, 0.1) is 6.92 Å². The van der Waals surface area contributed by atoms with Crippen LogP contribution in [0.15, 0.2) is 23.2 Å². The standard InChI is InChI=1S/C17H21N3O3S/c1-5-23-13-7-6-12(10-14(13)22-4)16(21)20-8-9-24-17-15(20)11(2)18-19(17)3/h6-7,10H,5,8-9H2,1-4H3. The van der Waals surface area contributed by atoms with Gasteiger partial charge in [0, 0.05) is 24.9 Å². The first-order chi connectivity index (χ1) is 11.6. The highest BCUT2D eigenvalue weighted by atomic mass is 32.2. The molecule has 0 aliphatic carbocycles. The Morgan fingerprint density at radius 2 is 2.17 bits per heavy atom. The summed E-state index contributed by atoms with van der Waals surface area (Å²) in [5.74, 6) is 2.02. The van der Waals surface area contributed by atoms with Gasteiger partial charge >= 0.3 is 0 Å². The lowest BCUT2D eigenvalue weighted by atomic mass is 10.1. The van der Waals surface area contributed by atoms with Gasteiger partial charge in [-0.2, -0.15) is 5.10 Å². The van der Waals surface area contributed by atoms with Crippen molar-refractivity contribution in [3.8, 4) is 11.5 Å². The monoisotopic (exact) mass is 347 g/mol. The van der Waals surface area contributed by atoms with Crippen molar-refractivity contribution in [3.05, 3.63) is 29.5 Å². The number of carbonyl (C=O) groups excluding carboxylic acids is 1. The van der Waals surface area contributed by atoms with Crippen molar-refractivity contribution >= 4 is 23.4 Å². The van der Waals surface area contributed by atoms with Crippen LogP contribution in [0.2, 0.25) is 0 Å². The molecule has 1 aromatic carbocycles. The minimum Gasteiger partial charge on any atom is -0.493 e. The molecule has 0 N–H and O–H groups in total. The van der Waals surface area contributed by atoms with E-state index in [0.29, 0.717) is 30.2 Å². The summed E-state index contributed by atoms with van der Waals surface area (Å²) in [6.07, 6.45) is 0. The number of nitrogens with zero attached hydrogens (tertiary/aromatic N) is 3. The molecule has 0 radical (unpaired) electrons. The summed E-state index contributed by atoms with van der Waals surface area (Å²) in [6, 6.07) is 5.30. The van der Waals surface area contributed by atoms with Crippen LogP contribution in [-0.2, 0) is 7.05 Å². The van der Waals surface area contributed by atoms with E-state index in [9.17, 15) is 4.79 Å². The molecule has 2 heterocycles. The van der Waals surface area contributed by atoms with Gasteiger partial charge in [0.1, 0.15) is 5.03 Å². The highest BCUT2D eigenvalue weighted by molar-refractivity contribution is 7.99. The van der Waals surface area contributed by atoms with E-state index in [1.165, 1.54) is 0 Å². The number of aromatic nitrogens is 2. The molecule has 0 bridgehead atoms. The molecular weight excluding hydrogens is 326 g/mol. The maximum atomic E-state index is 13.0. The molecule has 0 saturated heterocycles. The van der Waals surface area contributed by atoms with Gasteiger partial charge in [0.25, 0.3) is 5.91 Å². The second kappa shape index (κ2) is 6.76. The first kappa shape index (κ1) is 16.7. The fraction of sp³-hybridized carbons (Fsp3) is 0.412. The molecule has 1 aliphatic rings. The minimum absolute atomic E-state index is 0.0472. The Balaban J connectivity index is 1.96. The largest absolute Gasteiger partial charge is 0.493 e. The van der Waals surface area contributed by atoms with Crippen LogP contribution in [0.25, 0.3) is 0 Å². The normalized spacial score (nSPS) is 13.6. The molecule has 1 amide bonds. The number of anilines is 1. The van der Waals surface area contributed by atoms with Crippen LogP contribution in [0.1, 0.15) is 23.0 Å². The third-order valence-corrected chi connectivity index (χ3v) is 5.04. The van der Waals surface area contributed by atoms with Gasteiger partial charge < -0.3 is 14.4 Å². The van der Waals surface area contributed by atoms with Crippen LogP contribution in [-0.4, -0.2) is 41.7 Å². The summed E-state index contributed by atoms with van der Waals surface area (Å²) in [5, 5.41) is 5.48. The number of hydrogen-bond donors (Lipinski definition) is 0. The summed E-state index contributed by atoms with van der Waals surface area (Å²) < 4.78 is 12.7. The van der Waals surface area contributed by atoms with E-state index in [1.807, 2.05) is 30.5 Å². The maximum absolute atomic E-state index is 13.0. The van der Waals surface area contributed by atoms with Gasteiger partial charge in [-0.05, 0) is 32.0 Å². The van der Waals surface area contributed by atoms with Crippen molar-refractivity contribution < 1.29 is 14.3 Å². The Morgan fingerprint density at radius 1 is 1.38 bits per heavy atom. The van der Waals surface area contributed by atoms with Crippen LogP contribution in [0.5, 0.6) is 11.5 Å². The van der Waals surface area contributed by atoms with Gasteiger partial charge in [0.05, 0.1) is 25.1 Å². The zero-order chi connectivity index (χ0) is 17.3. The van der Waals surface area contributed by atoms with Gasteiger partial charge in [-0.1, -0.05) is 0 Å². The molecule has 0 unspecified atom stereocenters. The summed E-state index contributed by atoms with van der Waals surface area (Å²) in [5.41, 5.74) is 2.36. The number of rotatable bonds is 4. The van der Waals surface area contributed by atoms with Crippen LogP contribution >= 0.6 is 11.8 Å². The van der Waals surface area contributed by atoms with Crippen LogP contribution in [0.4, 0.5) is 5.69 Å². The number of carbonyl (C=O) groups is 1. The van der Waals surface area contributed by atoms with Crippen molar-refractivity contribution in [1.29, 1.82) is 0 Å². The SMILES string of the molecule is CCOc1ccc(C(=O)N2CCSc3c2c(C)nn3C)cc1OC. The second-order valence-electron chi connectivity index (χ2n) is 5.47. The molecule has 1 aromatic heterocycles. The molecule has 0 fully saturated rings. The number of fused-ring (bicyclic) bond motifs is 1. The zero-order valence-corrected chi connectivity index (χ0v) is 15.1. The lowest BCUT2D eigenvalue weighted by Gasteiger charge is -2.27. The maximum Gasteiger partial charge on any atom is 0.258 e. The third-order valence-electron chi connectivity index (χ3n) is 3.92. The van der Waals surface area contributed by atoms with Crippen LogP contribution < -0.4 is 14.4 Å². The lowest BCUT2D eigenvalue weighted by Crippen LogP contribution is -2.35. The van der Waals surface area contributed by atoms with Crippen LogP contribution in [0.3, 0.4) is 0 Å². The number of aryl methyl sites for hydroxylation is 2. The van der Waals surface area contributed by atoms with Crippen molar-refractivity contribution in [3.63, 3.8) is 0 Å². The fourth-order valence-corrected chi connectivity index (χ4v) is 3.97. The zero-order valence-electron chi connectivity index (χ0n) is 14.3. The highest BCUT2D eigenvalue weighted by Crippen LogP contribution is 2.38. The number of thioether (sulfide) groups is 1. The van der Waals surface area contributed by atoms with Crippen molar-refractivity contribution in [1.82, 2.24) is 9.78 Å².